The molecule has 0 atom stereocenters. The molecule has 0 bridgehead atoms. The molecule has 0 spiro atoms. The van der Waals surface area contributed by atoms with E-state index in [9.17, 15) is 13.2 Å². The highest BCUT2D eigenvalue weighted by Gasteiger charge is 2.36. The van der Waals surface area contributed by atoms with Gasteiger partial charge in [-0.15, -0.1) is 11.3 Å². The highest BCUT2D eigenvalue weighted by molar-refractivity contribution is 7.13. The smallest absolute Gasteiger partial charge is 0.354 e. The van der Waals surface area contributed by atoms with Crippen LogP contribution in [0.5, 0.6) is 0 Å². The molecule has 0 aromatic carbocycles. The first kappa shape index (κ1) is 16.0. The largest absolute Gasteiger partial charge is 0.419 e. The van der Waals surface area contributed by atoms with E-state index in [2.05, 4.69) is 14.9 Å². The summed E-state index contributed by atoms with van der Waals surface area (Å²) in [4.78, 5) is 12.3. The number of halogens is 3. The van der Waals surface area contributed by atoms with Gasteiger partial charge in [-0.1, -0.05) is 0 Å². The molecule has 0 N–H and O–H groups in total. The van der Waals surface area contributed by atoms with Gasteiger partial charge < -0.3 is 9.80 Å². The molecule has 2 aromatic rings. The van der Waals surface area contributed by atoms with Gasteiger partial charge in [0.15, 0.2) is 5.13 Å². The first-order valence-electron chi connectivity index (χ1n) is 7.39. The van der Waals surface area contributed by atoms with Gasteiger partial charge in [0.1, 0.15) is 5.82 Å². The number of nitrogens with zero attached hydrogens (tertiary/aromatic N) is 4. The molecular formula is C15H17F3N4S. The van der Waals surface area contributed by atoms with Crippen molar-refractivity contribution in [1.29, 1.82) is 0 Å². The molecule has 0 unspecified atom stereocenters. The van der Waals surface area contributed by atoms with Gasteiger partial charge in [-0.2, -0.15) is 13.2 Å². The van der Waals surface area contributed by atoms with Crippen molar-refractivity contribution >= 4 is 22.3 Å². The van der Waals surface area contributed by atoms with Crippen LogP contribution in [0.15, 0.2) is 23.7 Å². The first-order chi connectivity index (χ1) is 10.9. The van der Waals surface area contributed by atoms with Gasteiger partial charge in [0, 0.05) is 37.8 Å². The Morgan fingerprint density at radius 2 is 1.87 bits per heavy atom. The highest BCUT2D eigenvalue weighted by atomic mass is 32.1. The molecule has 1 saturated heterocycles. The summed E-state index contributed by atoms with van der Waals surface area (Å²) in [6.07, 6.45) is -2.20. The molecule has 8 heteroatoms. The van der Waals surface area contributed by atoms with Crippen LogP contribution in [-0.2, 0) is 6.18 Å². The predicted octanol–water partition coefficient (Wildman–Crippen LogP) is 3.58. The van der Waals surface area contributed by atoms with Crippen molar-refractivity contribution in [1.82, 2.24) is 9.97 Å². The lowest BCUT2D eigenvalue weighted by atomic mass is 10.2. The van der Waals surface area contributed by atoms with Crippen LogP contribution in [0, 0.1) is 6.92 Å². The van der Waals surface area contributed by atoms with Crippen LogP contribution in [0.2, 0.25) is 0 Å². The van der Waals surface area contributed by atoms with Gasteiger partial charge in [0.2, 0.25) is 0 Å². The summed E-state index contributed by atoms with van der Waals surface area (Å²) in [7, 11) is 0. The molecule has 0 saturated carbocycles. The second kappa shape index (κ2) is 6.35. The number of hydrogen-bond acceptors (Lipinski definition) is 5. The Kier molecular flexibility index (Phi) is 4.43. The maximum absolute atomic E-state index is 13.2. The van der Waals surface area contributed by atoms with E-state index in [1.807, 2.05) is 12.3 Å². The van der Waals surface area contributed by atoms with Crippen LogP contribution < -0.4 is 9.80 Å². The van der Waals surface area contributed by atoms with Gasteiger partial charge in [-0.05, 0) is 25.5 Å². The molecule has 2 aromatic heterocycles. The summed E-state index contributed by atoms with van der Waals surface area (Å²) in [5.74, 6) is 0.0252. The average Bonchev–Trinajstić information content (AvgIpc) is 2.80. The Labute approximate surface area is 136 Å². The zero-order valence-corrected chi connectivity index (χ0v) is 13.5. The van der Waals surface area contributed by atoms with Gasteiger partial charge in [-0.3, -0.25) is 0 Å². The number of aromatic nitrogens is 2. The summed E-state index contributed by atoms with van der Waals surface area (Å²) in [5.41, 5.74) is 0.300. The van der Waals surface area contributed by atoms with Crippen LogP contribution in [0.3, 0.4) is 0 Å². The summed E-state index contributed by atoms with van der Waals surface area (Å²) in [6, 6.07) is 2.42. The Balaban J connectivity index is 1.79. The number of hydrogen-bond donors (Lipinski definition) is 0. The maximum Gasteiger partial charge on any atom is 0.419 e. The van der Waals surface area contributed by atoms with Crippen molar-refractivity contribution < 1.29 is 13.2 Å². The SMILES string of the molecule is Cc1csc(N2CCCN(c3ncccc3C(F)(F)F)CC2)n1. The number of rotatable bonds is 2. The minimum Gasteiger partial charge on any atom is -0.354 e. The lowest BCUT2D eigenvalue weighted by Crippen LogP contribution is -2.32. The number of pyridine rings is 1. The van der Waals surface area contributed by atoms with Gasteiger partial charge in [0.05, 0.1) is 11.3 Å². The molecule has 3 rings (SSSR count). The fourth-order valence-electron chi connectivity index (χ4n) is 2.68. The zero-order valence-electron chi connectivity index (χ0n) is 12.7. The van der Waals surface area contributed by atoms with Gasteiger partial charge in [0.25, 0.3) is 0 Å². The molecule has 0 radical (unpaired) electrons. The minimum absolute atomic E-state index is 0.0252. The number of alkyl halides is 3. The van der Waals surface area contributed by atoms with Gasteiger partial charge in [-0.25, -0.2) is 9.97 Å². The van der Waals surface area contributed by atoms with Crippen molar-refractivity contribution in [3.8, 4) is 0 Å². The Morgan fingerprint density at radius 3 is 2.57 bits per heavy atom. The molecule has 124 valence electrons. The Morgan fingerprint density at radius 1 is 1.13 bits per heavy atom. The normalized spacial score (nSPS) is 16.5. The van der Waals surface area contributed by atoms with Crippen LogP contribution in [-0.4, -0.2) is 36.1 Å². The number of thiazole rings is 1. The van der Waals surface area contributed by atoms with Crippen LogP contribution in [0.4, 0.5) is 24.1 Å². The lowest BCUT2D eigenvalue weighted by Gasteiger charge is -2.25. The standard InChI is InChI=1S/C15H17F3N4S/c1-11-10-23-14(20-11)22-7-3-6-21(8-9-22)13-12(15(16,17)18)4-2-5-19-13/h2,4-5,10H,3,6-9H2,1H3. The number of aryl methyl sites for hydroxylation is 1. The molecular weight excluding hydrogens is 325 g/mol. The molecule has 1 fully saturated rings. The summed E-state index contributed by atoms with van der Waals surface area (Å²) < 4.78 is 39.5. The monoisotopic (exact) mass is 342 g/mol. The second-order valence-electron chi connectivity index (χ2n) is 5.47. The molecule has 0 amide bonds. The quantitative estimate of drug-likeness (QED) is 0.835. The fraction of sp³-hybridized carbons (Fsp3) is 0.467. The predicted molar refractivity (Wildman–Crippen MR) is 85.1 cm³/mol. The lowest BCUT2D eigenvalue weighted by molar-refractivity contribution is -0.137. The number of anilines is 2. The topological polar surface area (TPSA) is 32.3 Å². The summed E-state index contributed by atoms with van der Waals surface area (Å²) in [5, 5.41) is 2.92. The molecule has 0 aliphatic carbocycles. The molecule has 23 heavy (non-hydrogen) atoms. The van der Waals surface area contributed by atoms with E-state index in [0.717, 1.165) is 29.9 Å². The van der Waals surface area contributed by atoms with Crippen molar-refractivity contribution in [2.75, 3.05) is 36.0 Å². The Bertz CT molecular complexity index is 671. The maximum atomic E-state index is 13.2. The van der Waals surface area contributed by atoms with E-state index in [-0.39, 0.29) is 5.82 Å². The van der Waals surface area contributed by atoms with Crippen LogP contribution in [0.1, 0.15) is 17.7 Å². The van der Waals surface area contributed by atoms with E-state index in [4.69, 9.17) is 0 Å². The molecule has 1 aliphatic rings. The third kappa shape index (κ3) is 3.57. The van der Waals surface area contributed by atoms with E-state index in [0.29, 0.717) is 19.6 Å². The first-order valence-corrected chi connectivity index (χ1v) is 8.27. The molecule has 4 nitrogen and oxygen atoms in total. The van der Waals surface area contributed by atoms with Crippen LogP contribution >= 0.6 is 11.3 Å². The van der Waals surface area contributed by atoms with Crippen LogP contribution in [0.25, 0.3) is 0 Å². The minimum atomic E-state index is -4.39. The third-order valence-electron chi connectivity index (χ3n) is 3.76. The second-order valence-corrected chi connectivity index (χ2v) is 6.31. The van der Waals surface area contributed by atoms with Crippen molar-refractivity contribution in [2.24, 2.45) is 0 Å². The third-order valence-corrected chi connectivity index (χ3v) is 4.78. The van der Waals surface area contributed by atoms with Crippen molar-refractivity contribution in [3.63, 3.8) is 0 Å². The van der Waals surface area contributed by atoms with Crippen molar-refractivity contribution in [3.05, 3.63) is 35.0 Å². The summed E-state index contributed by atoms with van der Waals surface area (Å²) in [6.45, 7) is 4.42. The van der Waals surface area contributed by atoms with E-state index >= 15 is 0 Å². The van der Waals surface area contributed by atoms with E-state index < -0.39 is 11.7 Å². The molecule has 1 aliphatic heterocycles. The highest BCUT2D eigenvalue weighted by Crippen LogP contribution is 2.35. The summed E-state index contributed by atoms with van der Waals surface area (Å²) >= 11 is 1.57. The van der Waals surface area contributed by atoms with E-state index in [1.54, 1.807) is 16.2 Å². The Hall–Kier alpha value is -1.83. The van der Waals surface area contributed by atoms with Gasteiger partial charge >= 0.3 is 6.18 Å². The zero-order chi connectivity index (χ0) is 16.4. The fourth-order valence-corrected chi connectivity index (χ4v) is 3.53. The molecule has 3 heterocycles. The van der Waals surface area contributed by atoms with E-state index in [1.165, 1.54) is 12.3 Å². The average molecular weight is 342 g/mol. The van der Waals surface area contributed by atoms with Crippen molar-refractivity contribution in [2.45, 2.75) is 19.5 Å².